The number of aromatic nitrogens is 2. The van der Waals surface area contributed by atoms with E-state index in [1.807, 2.05) is 0 Å². The van der Waals surface area contributed by atoms with E-state index in [9.17, 15) is 18.0 Å². The Balaban J connectivity index is 2.29. The van der Waals surface area contributed by atoms with Gasteiger partial charge in [-0.3, -0.25) is 4.79 Å². The average molecular weight is 317 g/mol. The molecule has 0 bridgehead atoms. The molecular formula is C13H18F3N5O. The van der Waals surface area contributed by atoms with Gasteiger partial charge in [0.05, 0.1) is 0 Å². The minimum Gasteiger partial charge on any atom is -0.363 e. The summed E-state index contributed by atoms with van der Waals surface area (Å²) in [5.74, 6) is -0.315. The number of halogens is 3. The normalized spacial score (nSPS) is 19.3. The maximum atomic E-state index is 12.9. The molecule has 0 unspecified atom stereocenters. The van der Waals surface area contributed by atoms with Crippen LogP contribution in [0, 0.1) is 0 Å². The van der Waals surface area contributed by atoms with E-state index >= 15 is 0 Å². The van der Waals surface area contributed by atoms with Gasteiger partial charge in [-0.2, -0.15) is 18.2 Å². The number of amides is 1. The molecule has 1 fully saturated rings. The van der Waals surface area contributed by atoms with Crippen molar-refractivity contribution >= 4 is 17.7 Å². The fraction of sp³-hybridized carbons (Fsp3) is 0.615. The quantitative estimate of drug-likeness (QED) is 0.887. The number of rotatable bonds is 3. The first kappa shape index (κ1) is 16.3. The Labute approximate surface area is 126 Å². The van der Waals surface area contributed by atoms with Gasteiger partial charge in [-0.25, -0.2) is 4.98 Å². The maximum absolute atomic E-state index is 12.9. The van der Waals surface area contributed by atoms with Gasteiger partial charge in [-0.1, -0.05) is 0 Å². The van der Waals surface area contributed by atoms with Crippen LogP contribution in [-0.4, -0.2) is 42.6 Å². The highest BCUT2D eigenvalue weighted by atomic mass is 19.4. The molecule has 1 atom stereocenters. The van der Waals surface area contributed by atoms with Crippen molar-refractivity contribution in [3.8, 4) is 0 Å². The van der Waals surface area contributed by atoms with Crippen LogP contribution in [0.15, 0.2) is 6.07 Å². The number of hydrogen-bond donors (Lipinski definition) is 2. The van der Waals surface area contributed by atoms with Crippen molar-refractivity contribution in [2.75, 3.05) is 30.9 Å². The van der Waals surface area contributed by atoms with E-state index in [4.69, 9.17) is 0 Å². The van der Waals surface area contributed by atoms with Crippen molar-refractivity contribution in [2.45, 2.75) is 31.5 Å². The number of carbonyl (C=O) groups excluding carboxylic acids is 1. The summed E-state index contributed by atoms with van der Waals surface area (Å²) in [5.41, 5.74) is -1.04. The number of alkyl halides is 3. The van der Waals surface area contributed by atoms with Gasteiger partial charge in [0.15, 0.2) is 5.69 Å². The molecule has 0 aliphatic carbocycles. The molecule has 1 saturated heterocycles. The van der Waals surface area contributed by atoms with Gasteiger partial charge >= 0.3 is 6.18 Å². The average Bonchev–Trinajstić information content (AvgIpc) is 2.63. The zero-order valence-corrected chi connectivity index (χ0v) is 12.4. The van der Waals surface area contributed by atoms with Crippen LogP contribution in [0.3, 0.4) is 0 Å². The van der Waals surface area contributed by atoms with E-state index in [2.05, 4.69) is 20.6 Å². The van der Waals surface area contributed by atoms with Crippen LogP contribution in [-0.2, 0) is 11.0 Å². The van der Waals surface area contributed by atoms with E-state index in [1.54, 1.807) is 14.1 Å². The second-order valence-corrected chi connectivity index (χ2v) is 5.31. The molecule has 9 heteroatoms. The molecule has 122 valence electrons. The molecule has 6 nitrogen and oxygen atoms in total. The highest BCUT2D eigenvalue weighted by Crippen LogP contribution is 2.30. The van der Waals surface area contributed by atoms with E-state index < -0.39 is 17.9 Å². The third-order valence-electron chi connectivity index (χ3n) is 3.30. The fourth-order valence-electron chi connectivity index (χ4n) is 2.11. The van der Waals surface area contributed by atoms with Gasteiger partial charge in [0.1, 0.15) is 11.9 Å². The summed E-state index contributed by atoms with van der Waals surface area (Å²) in [4.78, 5) is 20.8. The Morgan fingerprint density at radius 3 is 2.68 bits per heavy atom. The van der Waals surface area contributed by atoms with Gasteiger partial charge in [0.2, 0.25) is 11.9 Å². The summed E-state index contributed by atoms with van der Waals surface area (Å²) in [6.07, 6.45) is -2.40. The smallest absolute Gasteiger partial charge is 0.363 e. The third-order valence-corrected chi connectivity index (χ3v) is 3.30. The Hall–Kier alpha value is -2.06. The first-order chi connectivity index (χ1) is 10.3. The van der Waals surface area contributed by atoms with E-state index in [0.29, 0.717) is 13.0 Å². The molecule has 0 radical (unpaired) electrons. The molecule has 1 amide bonds. The predicted molar refractivity (Wildman–Crippen MR) is 75.6 cm³/mol. The highest BCUT2D eigenvalue weighted by Gasteiger charge is 2.34. The molecule has 22 heavy (non-hydrogen) atoms. The minimum atomic E-state index is -4.57. The standard InChI is InChI=1S/C13H18F3N5O/c1-21(2)10-7-9(13(14,15)16)19-12(20-10)18-8-5-3-4-6-17-11(8)22/h7-8H,3-6H2,1-2H3,(H,17,22)(H,18,19,20)/t8-/m1/s1. The lowest BCUT2D eigenvalue weighted by Gasteiger charge is -2.19. The van der Waals surface area contributed by atoms with Crippen LogP contribution >= 0.6 is 0 Å². The van der Waals surface area contributed by atoms with Crippen LogP contribution in [0.1, 0.15) is 25.0 Å². The topological polar surface area (TPSA) is 70.2 Å². The summed E-state index contributed by atoms with van der Waals surface area (Å²) < 4.78 is 38.7. The number of anilines is 2. The predicted octanol–water partition coefficient (Wildman–Crippen LogP) is 1.64. The lowest BCUT2D eigenvalue weighted by molar-refractivity contribution is -0.141. The summed E-state index contributed by atoms with van der Waals surface area (Å²) in [6.45, 7) is 0.573. The molecule has 0 aromatic carbocycles. The largest absolute Gasteiger partial charge is 0.433 e. The summed E-state index contributed by atoms with van der Waals surface area (Å²) in [6, 6.07) is 0.249. The number of nitrogens with zero attached hydrogens (tertiary/aromatic N) is 3. The Morgan fingerprint density at radius 2 is 2.05 bits per heavy atom. The fourth-order valence-corrected chi connectivity index (χ4v) is 2.11. The Kier molecular flexibility index (Phi) is 4.72. The van der Waals surface area contributed by atoms with Crippen LogP contribution in [0.5, 0.6) is 0 Å². The van der Waals surface area contributed by atoms with Crippen molar-refractivity contribution < 1.29 is 18.0 Å². The van der Waals surface area contributed by atoms with Gasteiger partial charge in [-0.05, 0) is 19.3 Å². The van der Waals surface area contributed by atoms with Crippen molar-refractivity contribution in [1.29, 1.82) is 0 Å². The molecular weight excluding hydrogens is 299 g/mol. The molecule has 2 heterocycles. The van der Waals surface area contributed by atoms with Crippen LogP contribution in [0.2, 0.25) is 0 Å². The molecule has 2 N–H and O–H groups in total. The van der Waals surface area contributed by atoms with E-state index in [0.717, 1.165) is 18.9 Å². The summed E-state index contributed by atoms with van der Waals surface area (Å²) in [7, 11) is 3.18. The Bertz CT molecular complexity index is 547. The van der Waals surface area contributed by atoms with Gasteiger partial charge in [0, 0.05) is 26.7 Å². The van der Waals surface area contributed by atoms with Crippen LogP contribution in [0.25, 0.3) is 0 Å². The highest BCUT2D eigenvalue weighted by molar-refractivity contribution is 5.84. The van der Waals surface area contributed by atoms with Crippen molar-refractivity contribution in [2.24, 2.45) is 0 Å². The molecule has 1 aliphatic heterocycles. The minimum absolute atomic E-state index is 0.124. The van der Waals surface area contributed by atoms with Crippen molar-refractivity contribution in [1.82, 2.24) is 15.3 Å². The molecule has 0 saturated carbocycles. The van der Waals surface area contributed by atoms with E-state index in [-0.39, 0.29) is 17.7 Å². The molecule has 1 aromatic heterocycles. The lowest BCUT2D eigenvalue weighted by atomic mass is 10.1. The van der Waals surface area contributed by atoms with Crippen LogP contribution < -0.4 is 15.5 Å². The second-order valence-electron chi connectivity index (χ2n) is 5.31. The number of hydrogen-bond acceptors (Lipinski definition) is 5. The van der Waals surface area contributed by atoms with Crippen molar-refractivity contribution in [3.05, 3.63) is 11.8 Å². The van der Waals surface area contributed by atoms with E-state index in [1.165, 1.54) is 4.90 Å². The number of carbonyl (C=O) groups is 1. The summed E-state index contributed by atoms with van der Waals surface area (Å²) in [5, 5.41) is 5.42. The summed E-state index contributed by atoms with van der Waals surface area (Å²) >= 11 is 0. The SMILES string of the molecule is CN(C)c1cc(C(F)(F)F)nc(N[C@@H]2CCCCNC2=O)n1. The second kappa shape index (κ2) is 6.37. The molecule has 2 rings (SSSR count). The molecule has 1 aliphatic rings. The zero-order chi connectivity index (χ0) is 16.3. The maximum Gasteiger partial charge on any atom is 0.433 e. The van der Waals surface area contributed by atoms with Crippen LogP contribution in [0.4, 0.5) is 24.9 Å². The monoisotopic (exact) mass is 317 g/mol. The molecule has 1 aromatic rings. The Morgan fingerprint density at radius 1 is 1.32 bits per heavy atom. The number of nitrogens with one attached hydrogen (secondary N) is 2. The first-order valence-corrected chi connectivity index (χ1v) is 6.95. The molecule has 0 spiro atoms. The van der Waals surface area contributed by atoms with Crippen molar-refractivity contribution in [3.63, 3.8) is 0 Å². The lowest BCUT2D eigenvalue weighted by Crippen LogP contribution is -2.38. The van der Waals surface area contributed by atoms with Gasteiger partial charge < -0.3 is 15.5 Å². The first-order valence-electron chi connectivity index (χ1n) is 6.95. The zero-order valence-electron chi connectivity index (χ0n) is 12.4. The third kappa shape index (κ3) is 3.99. The van der Waals surface area contributed by atoms with Gasteiger partial charge in [-0.15, -0.1) is 0 Å². The van der Waals surface area contributed by atoms with Gasteiger partial charge in [0.25, 0.3) is 0 Å².